The third kappa shape index (κ3) is 4.25. The van der Waals surface area contributed by atoms with Crippen LogP contribution in [0.25, 0.3) is 0 Å². The lowest BCUT2D eigenvalue weighted by molar-refractivity contribution is -0.135. The third-order valence-corrected chi connectivity index (χ3v) is 4.74. The molecule has 1 amide bonds. The van der Waals surface area contributed by atoms with Crippen molar-refractivity contribution >= 4 is 5.91 Å². The highest BCUT2D eigenvalue weighted by atomic mass is 19.1. The SMILES string of the molecule is CN(Cc1cc(F)ccc1F)C(=O)C1CCCN1Cc1ccc(F)cc1. The van der Waals surface area contributed by atoms with E-state index in [4.69, 9.17) is 0 Å². The molecule has 1 aliphatic rings. The van der Waals surface area contributed by atoms with Gasteiger partial charge >= 0.3 is 0 Å². The molecule has 1 unspecified atom stereocenters. The molecule has 0 saturated carbocycles. The maximum atomic E-state index is 13.8. The summed E-state index contributed by atoms with van der Waals surface area (Å²) in [5, 5.41) is 0. The molecule has 2 aromatic carbocycles. The highest BCUT2D eigenvalue weighted by Crippen LogP contribution is 2.23. The van der Waals surface area contributed by atoms with Gasteiger partial charge in [-0.1, -0.05) is 12.1 Å². The molecule has 0 aromatic heterocycles. The number of hydrogen-bond donors (Lipinski definition) is 0. The number of nitrogens with zero attached hydrogens (tertiary/aromatic N) is 2. The average molecular weight is 362 g/mol. The monoisotopic (exact) mass is 362 g/mol. The summed E-state index contributed by atoms with van der Waals surface area (Å²) in [7, 11) is 1.60. The molecule has 6 heteroatoms. The number of benzene rings is 2. The summed E-state index contributed by atoms with van der Waals surface area (Å²) in [5.41, 5.74) is 1.09. The van der Waals surface area contributed by atoms with Crippen molar-refractivity contribution in [1.29, 1.82) is 0 Å². The van der Waals surface area contributed by atoms with Gasteiger partial charge in [-0.15, -0.1) is 0 Å². The fourth-order valence-electron chi connectivity index (χ4n) is 3.37. The second-order valence-electron chi connectivity index (χ2n) is 6.68. The predicted molar refractivity (Wildman–Crippen MR) is 92.7 cm³/mol. The molecule has 1 saturated heterocycles. The minimum Gasteiger partial charge on any atom is -0.340 e. The van der Waals surface area contributed by atoms with Crippen LogP contribution in [-0.4, -0.2) is 35.3 Å². The van der Waals surface area contributed by atoms with Crippen LogP contribution in [0, 0.1) is 17.5 Å². The Labute approximate surface area is 151 Å². The van der Waals surface area contributed by atoms with E-state index in [0.29, 0.717) is 6.54 Å². The molecule has 1 aliphatic heterocycles. The Hall–Kier alpha value is -2.34. The van der Waals surface area contributed by atoms with Crippen LogP contribution >= 0.6 is 0 Å². The summed E-state index contributed by atoms with van der Waals surface area (Å²) in [4.78, 5) is 16.3. The molecule has 26 heavy (non-hydrogen) atoms. The van der Waals surface area contributed by atoms with Crippen LogP contribution in [0.2, 0.25) is 0 Å². The summed E-state index contributed by atoms with van der Waals surface area (Å²) >= 11 is 0. The Kier molecular flexibility index (Phi) is 5.61. The summed E-state index contributed by atoms with van der Waals surface area (Å²) in [5.74, 6) is -1.46. The van der Waals surface area contributed by atoms with Crippen molar-refractivity contribution in [2.75, 3.05) is 13.6 Å². The maximum absolute atomic E-state index is 13.8. The van der Waals surface area contributed by atoms with E-state index in [1.807, 2.05) is 4.90 Å². The van der Waals surface area contributed by atoms with Crippen LogP contribution in [0.1, 0.15) is 24.0 Å². The molecule has 3 rings (SSSR count). The number of hydrogen-bond acceptors (Lipinski definition) is 2. The molecule has 1 fully saturated rings. The second-order valence-corrected chi connectivity index (χ2v) is 6.68. The highest BCUT2D eigenvalue weighted by molar-refractivity contribution is 5.82. The number of carbonyl (C=O) groups is 1. The van der Waals surface area contributed by atoms with Gasteiger partial charge in [0.2, 0.25) is 5.91 Å². The van der Waals surface area contributed by atoms with E-state index in [-0.39, 0.29) is 29.9 Å². The lowest BCUT2D eigenvalue weighted by Crippen LogP contribution is -2.43. The minimum absolute atomic E-state index is 0.0172. The van der Waals surface area contributed by atoms with Crippen LogP contribution in [0.5, 0.6) is 0 Å². The van der Waals surface area contributed by atoms with Crippen LogP contribution in [0.15, 0.2) is 42.5 Å². The first-order valence-electron chi connectivity index (χ1n) is 8.61. The Morgan fingerprint density at radius 3 is 2.54 bits per heavy atom. The van der Waals surface area contributed by atoms with E-state index >= 15 is 0 Å². The molecule has 138 valence electrons. The molecule has 1 heterocycles. The lowest BCUT2D eigenvalue weighted by Gasteiger charge is -2.28. The maximum Gasteiger partial charge on any atom is 0.239 e. The summed E-state index contributed by atoms with van der Waals surface area (Å²) in [6, 6.07) is 9.16. The first kappa shape index (κ1) is 18.5. The smallest absolute Gasteiger partial charge is 0.239 e. The Balaban J connectivity index is 1.67. The molecular weight excluding hydrogens is 341 g/mol. The van der Waals surface area contributed by atoms with Gasteiger partial charge in [0.25, 0.3) is 0 Å². The van der Waals surface area contributed by atoms with Gasteiger partial charge in [0.05, 0.1) is 6.04 Å². The van der Waals surface area contributed by atoms with Gasteiger partial charge in [0.15, 0.2) is 0 Å². The fraction of sp³-hybridized carbons (Fsp3) is 0.350. The van der Waals surface area contributed by atoms with Gasteiger partial charge in [0, 0.05) is 25.7 Å². The van der Waals surface area contributed by atoms with Gasteiger partial charge in [0.1, 0.15) is 17.5 Å². The van der Waals surface area contributed by atoms with Crippen molar-refractivity contribution in [2.45, 2.75) is 32.0 Å². The number of halogens is 3. The molecule has 0 radical (unpaired) electrons. The number of likely N-dealkylation sites (tertiary alicyclic amines) is 1. The first-order valence-corrected chi connectivity index (χ1v) is 8.61. The second kappa shape index (κ2) is 7.91. The molecule has 3 nitrogen and oxygen atoms in total. The Bertz CT molecular complexity index is 779. The molecule has 2 aromatic rings. The summed E-state index contributed by atoms with van der Waals surface area (Å²) in [6.45, 7) is 1.35. The summed E-state index contributed by atoms with van der Waals surface area (Å²) < 4.78 is 40.2. The first-order chi connectivity index (χ1) is 12.4. The normalized spacial score (nSPS) is 17.5. The Morgan fingerprint density at radius 2 is 1.81 bits per heavy atom. The number of rotatable bonds is 5. The van der Waals surface area contributed by atoms with E-state index in [1.165, 1.54) is 17.0 Å². The van der Waals surface area contributed by atoms with Gasteiger partial charge in [-0.05, 0) is 55.3 Å². The van der Waals surface area contributed by atoms with Crippen LogP contribution in [0.4, 0.5) is 13.2 Å². The number of likely N-dealkylation sites (N-methyl/N-ethyl adjacent to an activating group) is 1. The van der Waals surface area contributed by atoms with E-state index in [2.05, 4.69) is 0 Å². The van der Waals surface area contributed by atoms with Crippen molar-refractivity contribution in [2.24, 2.45) is 0 Å². The molecule has 0 bridgehead atoms. The largest absolute Gasteiger partial charge is 0.340 e. The van der Waals surface area contributed by atoms with Crippen molar-refractivity contribution < 1.29 is 18.0 Å². The average Bonchev–Trinajstić information content (AvgIpc) is 3.07. The molecule has 0 spiro atoms. The molecule has 0 N–H and O–H groups in total. The van der Waals surface area contributed by atoms with E-state index in [0.717, 1.165) is 43.1 Å². The van der Waals surface area contributed by atoms with Gasteiger partial charge in [-0.3, -0.25) is 9.69 Å². The lowest BCUT2D eigenvalue weighted by atomic mass is 10.1. The zero-order chi connectivity index (χ0) is 18.7. The Morgan fingerprint density at radius 1 is 1.12 bits per heavy atom. The summed E-state index contributed by atoms with van der Waals surface area (Å²) in [6.07, 6.45) is 1.61. The quantitative estimate of drug-likeness (QED) is 0.809. The van der Waals surface area contributed by atoms with Crippen LogP contribution < -0.4 is 0 Å². The molecule has 0 aliphatic carbocycles. The number of amides is 1. The minimum atomic E-state index is -0.527. The number of carbonyl (C=O) groups excluding carboxylic acids is 1. The van der Waals surface area contributed by atoms with Crippen molar-refractivity contribution in [1.82, 2.24) is 9.80 Å². The van der Waals surface area contributed by atoms with Gasteiger partial charge < -0.3 is 4.90 Å². The van der Waals surface area contributed by atoms with E-state index < -0.39 is 11.6 Å². The topological polar surface area (TPSA) is 23.6 Å². The zero-order valence-electron chi connectivity index (χ0n) is 14.6. The zero-order valence-corrected chi connectivity index (χ0v) is 14.6. The molecular formula is C20H21F3N2O. The van der Waals surface area contributed by atoms with E-state index in [9.17, 15) is 18.0 Å². The predicted octanol–water partition coefficient (Wildman–Crippen LogP) is 3.73. The van der Waals surface area contributed by atoms with Gasteiger partial charge in [-0.25, -0.2) is 13.2 Å². The highest BCUT2D eigenvalue weighted by Gasteiger charge is 2.32. The van der Waals surface area contributed by atoms with Crippen LogP contribution in [0.3, 0.4) is 0 Å². The standard InChI is InChI=1S/C20H21F3N2O/c1-24(13-15-11-17(22)8-9-18(15)23)20(26)19-3-2-10-25(19)12-14-4-6-16(21)7-5-14/h4-9,11,19H,2-3,10,12-13H2,1H3. The van der Waals surface area contributed by atoms with Crippen molar-refractivity contribution in [3.05, 3.63) is 71.0 Å². The van der Waals surface area contributed by atoms with Crippen molar-refractivity contribution in [3.8, 4) is 0 Å². The molecule has 1 atom stereocenters. The fourth-order valence-corrected chi connectivity index (χ4v) is 3.37. The van der Waals surface area contributed by atoms with Crippen molar-refractivity contribution in [3.63, 3.8) is 0 Å². The van der Waals surface area contributed by atoms with Gasteiger partial charge in [-0.2, -0.15) is 0 Å². The van der Waals surface area contributed by atoms with E-state index in [1.54, 1.807) is 19.2 Å². The third-order valence-electron chi connectivity index (χ3n) is 4.74. The van der Waals surface area contributed by atoms with Crippen LogP contribution in [-0.2, 0) is 17.9 Å².